The van der Waals surface area contributed by atoms with Crippen LogP contribution >= 0.6 is 0 Å². The molecule has 0 spiro atoms. The van der Waals surface area contributed by atoms with Crippen molar-refractivity contribution in [1.29, 1.82) is 0 Å². The van der Waals surface area contributed by atoms with Crippen LogP contribution in [0.4, 0.5) is 5.69 Å². The number of benzene rings is 1. The molecule has 0 saturated carbocycles. The Labute approximate surface area is 105 Å². The summed E-state index contributed by atoms with van der Waals surface area (Å²) in [6.07, 6.45) is 3.68. The van der Waals surface area contributed by atoms with E-state index < -0.39 is 0 Å². The summed E-state index contributed by atoms with van der Waals surface area (Å²) < 4.78 is 0. The van der Waals surface area contributed by atoms with E-state index in [0.29, 0.717) is 12.1 Å². The molecule has 0 bridgehead atoms. The standard InChI is InChI=1S/C14H16N2O2/c1-2-3-4-10-7-14(18)16-13-8-11(15-9-17)5-6-12(10)13/h5-9H,2-4H2,1H3,(H,15,17)(H,16,18). The molecular formula is C14H16N2O2. The van der Waals surface area contributed by atoms with Crippen molar-refractivity contribution in [1.82, 2.24) is 4.98 Å². The molecule has 0 radical (unpaired) electrons. The maximum atomic E-state index is 11.6. The SMILES string of the molecule is CCCCc1cc(=O)[nH]c2cc(NC=O)ccc12. The summed E-state index contributed by atoms with van der Waals surface area (Å²) in [4.78, 5) is 24.8. The van der Waals surface area contributed by atoms with Crippen LogP contribution in [-0.4, -0.2) is 11.4 Å². The lowest BCUT2D eigenvalue weighted by Gasteiger charge is -2.07. The van der Waals surface area contributed by atoms with E-state index in [2.05, 4.69) is 17.2 Å². The third kappa shape index (κ3) is 2.59. The highest BCUT2D eigenvalue weighted by atomic mass is 16.1. The van der Waals surface area contributed by atoms with Crippen molar-refractivity contribution in [2.24, 2.45) is 0 Å². The molecule has 2 rings (SSSR count). The number of aryl methyl sites for hydroxylation is 1. The monoisotopic (exact) mass is 244 g/mol. The molecule has 94 valence electrons. The zero-order valence-corrected chi connectivity index (χ0v) is 10.3. The molecule has 0 unspecified atom stereocenters. The van der Waals surface area contributed by atoms with Crippen molar-refractivity contribution in [3.63, 3.8) is 0 Å². The van der Waals surface area contributed by atoms with E-state index in [1.165, 1.54) is 0 Å². The van der Waals surface area contributed by atoms with Crippen LogP contribution in [0.5, 0.6) is 0 Å². The molecule has 1 aromatic heterocycles. The number of pyridine rings is 1. The van der Waals surface area contributed by atoms with Gasteiger partial charge in [0.2, 0.25) is 12.0 Å². The molecule has 2 N–H and O–H groups in total. The van der Waals surface area contributed by atoms with Crippen LogP contribution in [0, 0.1) is 0 Å². The Morgan fingerprint density at radius 3 is 2.89 bits per heavy atom. The second kappa shape index (κ2) is 5.49. The number of fused-ring (bicyclic) bond motifs is 1. The first kappa shape index (κ1) is 12.4. The number of hydrogen-bond acceptors (Lipinski definition) is 2. The molecule has 0 aliphatic heterocycles. The van der Waals surface area contributed by atoms with Gasteiger partial charge in [-0.2, -0.15) is 0 Å². The first-order valence-corrected chi connectivity index (χ1v) is 6.10. The van der Waals surface area contributed by atoms with E-state index >= 15 is 0 Å². The fourth-order valence-electron chi connectivity index (χ4n) is 2.06. The minimum atomic E-state index is -0.100. The first-order chi connectivity index (χ1) is 8.74. The molecule has 0 saturated heterocycles. The van der Waals surface area contributed by atoms with Gasteiger partial charge in [-0.05, 0) is 30.5 Å². The number of nitrogens with one attached hydrogen (secondary N) is 2. The van der Waals surface area contributed by atoms with Crippen molar-refractivity contribution in [2.75, 3.05) is 5.32 Å². The molecule has 4 heteroatoms. The molecule has 18 heavy (non-hydrogen) atoms. The molecule has 1 aromatic carbocycles. The van der Waals surface area contributed by atoms with E-state index in [9.17, 15) is 9.59 Å². The fourth-order valence-corrected chi connectivity index (χ4v) is 2.06. The highest BCUT2D eigenvalue weighted by Crippen LogP contribution is 2.20. The number of amides is 1. The van der Waals surface area contributed by atoms with Crippen molar-refractivity contribution in [3.05, 3.63) is 40.2 Å². The predicted octanol–water partition coefficient (Wildman–Crippen LogP) is 2.44. The lowest BCUT2D eigenvalue weighted by atomic mass is 10.0. The Hall–Kier alpha value is -2.10. The van der Waals surface area contributed by atoms with E-state index in [1.54, 1.807) is 12.1 Å². The molecule has 0 atom stereocenters. The molecule has 0 aliphatic rings. The average molecular weight is 244 g/mol. The number of anilines is 1. The van der Waals surface area contributed by atoms with Gasteiger partial charge in [0.25, 0.3) is 0 Å². The molecule has 0 fully saturated rings. The number of H-pyrrole nitrogens is 1. The Bertz CT molecular complexity index is 617. The Morgan fingerprint density at radius 2 is 2.17 bits per heavy atom. The lowest BCUT2D eigenvalue weighted by molar-refractivity contribution is -0.105. The zero-order valence-electron chi connectivity index (χ0n) is 10.3. The molecular weight excluding hydrogens is 228 g/mol. The summed E-state index contributed by atoms with van der Waals surface area (Å²) in [5.74, 6) is 0. The van der Waals surface area contributed by atoms with Crippen LogP contribution in [0.1, 0.15) is 25.3 Å². The molecule has 4 nitrogen and oxygen atoms in total. The third-order valence-electron chi connectivity index (χ3n) is 2.95. The summed E-state index contributed by atoms with van der Waals surface area (Å²) in [6.45, 7) is 2.13. The third-order valence-corrected chi connectivity index (χ3v) is 2.95. The minimum absolute atomic E-state index is 0.100. The van der Waals surface area contributed by atoms with Crippen molar-refractivity contribution >= 4 is 23.0 Å². The minimum Gasteiger partial charge on any atom is -0.329 e. The maximum Gasteiger partial charge on any atom is 0.248 e. The number of aromatic amines is 1. The fraction of sp³-hybridized carbons (Fsp3) is 0.286. The molecule has 1 amide bonds. The van der Waals surface area contributed by atoms with Crippen LogP contribution in [0.3, 0.4) is 0 Å². The summed E-state index contributed by atoms with van der Waals surface area (Å²) in [5, 5.41) is 3.62. The number of unbranched alkanes of at least 4 members (excludes halogenated alkanes) is 1. The van der Waals surface area contributed by atoms with Crippen LogP contribution in [0.2, 0.25) is 0 Å². The second-order valence-electron chi connectivity index (χ2n) is 4.28. The van der Waals surface area contributed by atoms with E-state index in [4.69, 9.17) is 0 Å². The van der Waals surface area contributed by atoms with Gasteiger partial charge in [0.05, 0.1) is 5.52 Å². The van der Waals surface area contributed by atoms with Gasteiger partial charge in [-0.1, -0.05) is 19.4 Å². The first-order valence-electron chi connectivity index (χ1n) is 6.10. The number of aromatic nitrogens is 1. The predicted molar refractivity (Wildman–Crippen MR) is 72.9 cm³/mol. The quantitative estimate of drug-likeness (QED) is 0.793. The van der Waals surface area contributed by atoms with Crippen LogP contribution in [-0.2, 0) is 11.2 Å². The van der Waals surface area contributed by atoms with Crippen molar-refractivity contribution in [3.8, 4) is 0 Å². The number of hydrogen-bond donors (Lipinski definition) is 2. The summed E-state index contributed by atoms with van der Waals surface area (Å²) >= 11 is 0. The summed E-state index contributed by atoms with van der Waals surface area (Å²) in [7, 11) is 0. The van der Waals surface area contributed by atoms with Crippen molar-refractivity contribution in [2.45, 2.75) is 26.2 Å². The smallest absolute Gasteiger partial charge is 0.248 e. The van der Waals surface area contributed by atoms with Crippen LogP contribution < -0.4 is 10.9 Å². The van der Waals surface area contributed by atoms with E-state index in [0.717, 1.165) is 35.7 Å². The van der Waals surface area contributed by atoms with Gasteiger partial charge >= 0.3 is 0 Å². The number of carbonyl (C=O) groups excluding carboxylic acids is 1. The Morgan fingerprint density at radius 1 is 1.33 bits per heavy atom. The normalized spacial score (nSPS) is 10.5. The molecule has 1 heterocycles. The topological polar surface area (TPSA) is 62.0 Å². The molecule has 2 aromatic rings. The number of rotatable bonds is 5. The highest BCUT2D eigenvalue weighted by molar-refractivity contribution is 5.87. The van der Waals surface area contributed by atoms with Crippen LogP contribution in [0.25, 0.3) is 10.9 Å². The summed E-state index contributed by atoms with van der Waals surface area (Å²) in [6, 6.07) is 7.21. The Kier molecular flexibility index (Phi) is 3.77. The second-order valence-corrected chi connectivity index (χ2v) is 4.28. The lowest BCUT2D eigenvalue weighted by Crippen LogP contribution is -2.07. The van der Waals surface area contributed by atoms with Crippen LogP contribution in [0.15, 0.2) is 29.1 Å². The number of carbonyl (C=O) groups is 1. The largest absolute Gasteiger partial charge is 0.329 e. The van der Waals surface area contributed by atoms with Gasteiger partial charge in [-0.25, -0.2) is 0 Å². The Balaban J connectivity index is 2.51. The van der Waals surface area contributed by atoms with Gasteiger partial charge in [-0.15, -0.1) is 0 Å². The highest BCUT2D eigenvalue weighted by Gasteiger charge is 2.04. The van der Waals surface area contributed by atoms with Gasteiger partial charge < -0.3 is 10.3 Å². The maximum absolute atomic E-state index is 11.6. The van der Waals surface area contributed by atoms with E-state index in [1.807, 2.05) is 12.1 Å². The van der Waals surface area contributed by atoms with Gasteiger partial charge in [0, 0.05) is 17.1 Å². The van der Waals surface area contributed by atoms with Crippen molar-refractivity contribution < 1.29 is 4.79 Å². The zero-order chi connectivity index (χ0) is 13.0. The van der Waals surface area contributed by atoms with Gasteiger partial charge in [-0.3, -0.25) is 9.59 Å². The van der Waals surface area contributed by atoms with E-state index in [-0.39, 0.29) is 5.56 Å². The van der Waals surface area contributed by atoms with Gasteiger partial charge in [0.1, 0.15) is 0 Å². The molecule has 0 aliphatic carbocycles. The van der Waals surface area contributed by atoms with Gasteiger partial charge in [0.15, 0.2) is 0 Å². The average Bonchev–Trinajstić information content (AvgIpc) is 2.35. The summed E-state index contributed by atoms with van der Waals surface area (Å²) in [5.41, 5.74) is 2.41.